The average Bonchev–Trinajstić information content (AvgIpc) is 2.92. The monoisotopic (exact) mass is 494 g/mol. The number of aryl methyl sites for hydroxylation is 1. The molecular formula is C33H44F2O. The third-order valence-electron chi connectivity index (χ3n) is 8.88. The van der Waals surface area contributed by atoms with Crippen LogP contribution in [0, 0.1) is 35.3 Å². The highest BCUT2D eigenvalue weighted by atomic mass is 19.2. The van der Waals surface area contributed by atoms with Gasteiger partial charge < -0.3 is 4.74 Å². The predicted octanol–water partition coefficient (Wildman–Crippen LogP) is 9.93. The van der Waals surface area contributed by atoms with E-state index in [1.807, 2.05) is 12.1 Å². The van der Waals surface area contributed by atoms with Gasteiger partial charge in [-0.15, -0.1) is 0 Å². The molecule has 1 nitrogen and oxygen atoms in total. The zero-order valence-electron chi connectivity index (χ0n) is 22.3. The molecule has 36 heavy (non-hydrogen) atoms. The second-order valence-corrected chi connectivity index (χ2v) is 11.1. The van der Waals surface area contributed by atoms with Crippen LogP contribution in [0.25, 0.3) is 11.1 Å². The summed E-state index contributed by atoms with van der Waals surface area (Å²) >= 11 is 0. The summed E-state index contributed by atoms with van der Waals surface area (Å²) in [6.45, 7) is 4.19. The van der Waals surface area contributed by atoms with Gasteiger partial charge in [0.2, 0.25) is 5.82 Å². The van der Waals surface area contributed by atoms with Gasteiger partial charge in [-0.2, -0.15) is 4.39 Å². The Hall–Kier alpha value is -2.16. The van der Waals surface area contributed by atoms with Crippen LogP contribution in [0.4, 0.5) is 8.78 Å². The molecule has 0 aliphatic heterocycles. The highest BCUT2D eigenvalue weighted by Gasteiger charge is 2.30. The lowest BCUT2D eigenvalue weighted by Gasteiger charge is -2.38. The van der Waals surface area contributed by atoms with Gasteiger partial charge in [0, 0.05) is 5.56 Å². The molecule has 0 bridgehead atoms. The van der Waals surface area contributed by atoms with Gasteiger partial charge in [-0.3, -0.25) is 0 Å². The van der Waals surface area contributed by atoms with Crippen molar-refractivity contribution in [3.63, 3.8) is 0 Å². The summed E-state index contributed by atoms with van der Waals surface area (Å²) in [7, 11) is 0. The van der Waals surface area contributed by atoms with Crippen LogP contribution in [0.5, 0.6) is 5.75 Å². The zero-order chi connectivity index (χ0) is 25.3. The second-order valence-electron chi connectivity index (χ2n) is 11.1. The van der Waals surface area contributed by atoms with Crippen LogP contribution in [0.3, 0.4) is 0 Å². The first-order valence-electron chi connectivity index (χ1n) is 14.4. The van der Waals surface area contributed by atoms with Gasteiger partial charge in [-0.1, -0.05) is 62.1 Å². The third kappa shape index (κ3) is 6.99. The van der Waals surface area contributed by atoms with Gasteiger partial charge in [0.25, 0.3) is 0 Å². The van der Waals surface area contributed by atoms with Crippen molar-refractivity contribution in [2.75, 3.05) is 6.61 Å². The standard InChI is InChI=1S/C33H44F2O/c1-3-5-6-7-24-10-16-27(17-11-24)28-18-12-25(13-19-28)8-9-26-14-20-29(21-15-26)30-22-23-31(36-4-2)33(35)32(30)34/h3,5,14-15,20-25,27-28H,4,6-13,16-19H2,1-2H3/b5-3+. The summed E-state index contributed by atoms with van der Waals surface area (Å²) in [6.07, 6.45) is 20.9. The molecule has 0 radical (unpaired) electrons. The fourth-order valence-electron chi connectivity index (χ4n) is 6.64. The van der Waals surface area contributed by atoms with E-state index in [1.165, 1.54) is 82.3 Å². The van der Waals surface area contributed by atoms with Crippen molar-refractivity contribution in [1.82, 2.24) is 0 Å². The van der Waals surface area contributed by atoms with Crippen LogP contribution >= 0.6 is 0 Å². The molecule has 0 saturated heterocycles. The van der Waals surface area contributed by atoms with Gasteiger partial charge in [0.15, 0.2) is 11.6 Å². The van der Waals surface area contributed by atoms with E-state index in [9.17, 15) is 8.78 Å². The van der Waals surface area contributed by atoms with Crippen LogP contribution in [-0.4, -0.2) is 6.61 Å². The number of allylic oxidation sites excluding steroid dienone is 2. The normalized spacial score (nSPS) is 24.8. The molecule has 0 amide bonds. The summed E-state index contributed by atoms with van der Waals surface area (Å²) in [5.74, 6) is 1.95. The van der Waals surface area contributed by atoms with E-state index < -0.39 is 11.6 Å². The van der Waals surface area contributed by atoms with E-state index in [4.69, 9.17) is 4.74 Å². The molecule has 2 aliphatic rings. The van der Waals surface area contributed by atoms with Crippen LogP contribution in [0.1, 0.15) is 90.0 Å². The molecule has 0 unspecified atom stereocenters. The van der Waals surface area contributed by atoms with E-state index in [0.29, 0.717) is 12.2 Å². The van der Waals surface area contributed by atoms with E-state index in [0.717, 1.165) is 30.1 Å². The molecule has 2 aliphatic carbocycles. The molecule has 2 aromatic carbocycles. The van der Waals surface area contributed by atoms with Gasteiger partial charge in [0.1, 0.15) is 0 Å². The van der Waals surface area contributed by atoms with Crippen LogP contribution in [0.2, 0.25) is 0 Å². The lowest BCUT2D eigenvalue weighted by molar-refractivity contribution is 0.141. The van der Waals surface area contributed by atoms with Crippen molar-refractivity contribution < 1.29 is 13.5 Å². The molecule has 196 valence electrons. The minimum absolute atomic E-state index is 0.0298. The van der Waals surface area contributed by atoms with Crippen LogP contribution < -0.4 is 4.74 Å². The highest BCUT2D eigenvalue weighted by Crippen LogP contribution is 2.43. The fraction of sp³-hybridized carbons (Fsp3) is 0.576. The Kier molecular flexibility index (Phi) is 10.0. The molecule has 2 aromatic rings. The summed E-state index contributed by atoms with van der Waals surface area (Å²) in [6, 6.07) is 11.1. The number of hydrogen-bond donors (Lipinski definition) is 0. The van der Waals surface area contributed by atoms with Crippen molar-refractivity contribution in [1.29, 1.82) is 0 Å². The first kappa shape index (κ1) is 26.9. The molecule has 2 fully saturated rings. The minimum atomic E-state index is -0.911. The maximum absolute atomic E-state index is 14.6. The third-order valence-corrected chi connectivity index (χ3v) is 8.88. The van der Waals surface area contributed by atoms with Crippen molar-refractivity contribution in [2.45, 2.75) is 90.9 Å². The Morgan fingerprint density at radius 1 is 0.778 bits per heavy atom. The molecule has 0 spiro atoms. The Morgan fingerprint density at radius 2 is 1.39 bits per heavy atom. The number of halogens is 2. The molecular weight excluding hydrogens is 450 g/mol. The Morgan fingerprint density at radius 3 is 1.97 bits per heavy atom. The molecule has 4 rings (SSSR count). The smallest absolute Gasteiger partial charge is 0.201 e. The quantitative estimate of drug-likeness (QED) is 0.299. The SMILES string of the molecule is C/C=C/CCC1CCC(C2CCC(CCc3ccc(-c4ccc(OCC)c(F)c4F)cc3)CC2)CC1. The maximum atomic E-state index is 14.6. The van der Waals surface area contributed by atoms with E-state index in [1.54, 1.807) is 13.0 Å². The van der Waals surface area contributed by atoms with Crippen LogP contribution in [0.15, 0.2) is 48.6 Å². The molecule has 0 aromatic heterocycles. The molecule has 0 atom stereocenters. The lowest BCUT2D eigenvalue weighted by Crippen LogP contribution is -2.26. The van der Waals surface area contributed by atoms with Crippen molar-refractivity contribution in [3.8, 4) is 16.9 Å². The summed E-state index contributed by atoms with van der Waals surface area (Å²) in [5.41, 5.74) is 2.27. The van der Waals surface area contributed by atoms with E-state index in [-0.39, 0.29) is 11.3 Å². The highest BCUT2D eigenvalue weighted by molar-refractivity contribution is 5.65. The summed E-state index contributed by atoms with van der Waals surface area (Å²) in [5, 5.41) is 0. The first-order valence-corrected chi connectivity index (χ1v) is 14.4. The van der Waals surface area contributed by atoms with Gasteiger partial charge >= 0.3 is 0 Å². The molecule has 2 saturated carbocycles. The lowest BCUT2D eigenvalue weighted by atomic mass is 9.68. The second kappa shape index (κ2) is 13.4. The van der Waals surface area contributed by atoms with Gasteiger partial charge in [-0.25, -0.2) is 4.39 Å². The summed E-state index contributed by atoms with van der Waals surface area (Å²) < 4.78 is 34.0. The number of rotatable bonds is 10. The topological polar surface area (TPSA) is 9.23 Å². The van der Waals surface area contributed by atoms with E-state index >= 15 is 0 Å². The average molecular weight is 495 g/mol. The van der Waals surface area contributed by atoms with Crippen LogP contribution in [-0.2, 0) is 6.42 Å². The largest absolute Gasteiger partial charge is 0.491 e. The van der Waals surface area contributed by atoms with Gasteiger partial charge in [-0.05, 0) is 112 Å². The predicted molar refractivity (Wildman–Crippen MR) is 146 cm³/mol. The number of benzene rings is 2. The maximum Gasteiger partial charge on any atom is 0.201 e. The Labute approximate surface area is 217 Å². The van der Waals surface area contributed by atoms with Gasteiger partial charge in [0.05, 0.1) is 6.61 Å². The van der Waals surface area contributed by atoms with Crippen molar-refractivity contribution in [2.24, 2.45) is 23.7 Å². The van der Waals surface area contributed by atoms with E-state index in [2.05, 4.69) is 31.2 Å². The Balaban J connectivity index is 1.20. The molecule has 0 N–H and O–H groups in total. The molecule has 3 heteroatoms. The first-order chi connectivity index (χ1) is 17.6. The van der Waals surface area contributed by atoms with Crippen molar-refractivity contribution >= 4 is 0 Å². The van der Waals surface area contributed by atoms with Crippen molar-refractivity contribution in [3.05, 3.63) is 65.7 Å². The minimum Gasteiger partial charge on any atom is -0.491 e. The molecule has 0 heterocycles. The zero-order valence-corrected chi connectivity index (χ0v) is 22.3. The summed E-state index contributed by atoms with van der Waals surface area (Å²) in [4.78, 5) is 0. The fourth-order valence-corrected chi connectivity index (χ4v) is 6.64. The Bertz CT molecular complexity index is 964. The number of ether oxygens (including phenoxy) is 1. The number of hydrogen-bond acceptors (Lipinski definition) is 1.